The van der Waals surface area contributed by atoms with Crippen LogP contribution in [0.1, 0.15) is 5.56 Å². The average Bonchev–Trinajstić information content (AvgIpc) is 2.36. The number of rotatable bonds is 6. The highest BCUT2D eigenvalue weighted by Crippen LogP contribution is 2.24. The van der Waals surface area contributed by atoms with E-state index in [0.717, 1.165) is 12.1 Å². The van der Waals surface area contributed by atoms with Crippen molar-refractivity contribution >= 4 is 17.3 Å². The van der Waals surface area contributed by atoms with Gasteiger partial charge < -0.3 is 0 Å². The molecule has 20 heavy (non-hydrogen) atoms. The third-order valence-electron chi connectivity index (χ3n) is 2.11. The Morgan fingerprint density at radius 2 is 1.75 bits per heavy atom. The second-order valence-corrected chi connectivity index (χ2v) is 3.42. The molecule has 1 rings (SSSR count). The summed E-state index contributed by atoms with van der Waals surface area (Å²) in [4.78, 5) is 40.8. The van der Waals surface area contributed by atoms with Crippen LogP contribution in [0.5, 0.6) is 0 Å². The number of nitrogens with one attached hydrogen (secondary N) is 2. The van der Waals surface area contributed by atoms with Crippen LogP contribution in [0.2, 0.25) is 0 Å². The summed E-state index contributed by atoms with van der Waals surface area (Å²) in [5.74, 6) is -0.904. The van der Waals surface area contributed by atoms with Crippen LogP contribution in [-0.4, -0.2) is 20.8 Å². The zero-order valence-corrected chi connectivity index (χ0v) is 9.64. The van der Waals surface area contributed by atoms with Gasteiger partial charge in [-0.05, 0) is 11.6 Å². The van der Waals surface area contributed by atoms with E-state index in [9.17, 15) is 35.1 Å². The summed E-state index contributed by atoms with van der Waals surface area (Å²) < 4.78 is 0. The van der Waals surface area contributed by atoms with Crippen LogP contribution < -0.4 is 11.0 Å². The Labute approximate surface area is 109 Å². The molecule has 0 fully saturated rings. The highest BCUT2D eigenvalue weighted by Gasteiger charge is 2.21. The number of hydrazine groups is 2. The van der Waals surface area contributed by atoms with E-state index in [1.54, 1.807) is 5.43 Å². The van der Waals surface area contributed by atoms with Crippen LogP contribution >= 0.6 is 0 Å². The molecule has 0 unspecified atom stereocenters. The molecular formula is C8H7N5O7. The van der Waals surface area contributed by atoms with Gasteiger partial charge in [-0.3, -0.25) is 25.0 Å². The number of nitrogens with zero attached hydrogens (tertiary/aromatic N) is 3. The topological polar surface area (TPSA) is 171 Å². The number of carbonyl (C=O) groups excluding carboxylic acids is 1. The molecule has 0 saturated heterocycles. The van der Waals surface area contributed by atoms with E-state index >= 15 is 0 Å². The lowest BCUT2D eigenvalue weighted by molar-refractivity contribution is -0.552. The summed E-state index contributed by atoms with van der Waals surface area (Å²) in [6, 6.07) is 2.75. The van der Waals surface area contributed by atoms with E-state index in [2.05, 4.69) is 0 Å². The lowest BCUT2D eigenvalue weighted by atomic mass is 10.1. The molecule has 0 aliphatic carbocycles. The number of amides is 1. The Balaban J connectivity index is 2.94. The van der Waals surface area contributed by atoms with Crippen molar-refractivity contribution in [1.82, 2.24) is 11.0 Å². The summed E-state index contributed by atoms with van der Waals surface area (Å²) in [6.45, 7) is 0. The molecule has 0 bridgehead atoms. The van der Waals surface area contributed by atoms with Gasteiger partial charge in [0.25, 0.3) is 11.4 Å². The maximum atomic E-state index is 11.3. The lowest BCUT2D eigenvalue weighted by Gasteiger charge is -2.03. The molecule has 0 atom stereocenters. The quantitative estimate of drug-likeness (QED) is 0.536. The van der Waals surface area contributed by atoms with E-state index in [1.165, 1.54) is 5.53 Å². The van der Waals surface area contributed by atoms with Gasteiger partial charge in [-0.1, -0.05) is 0 Å². The van der Waals surface area contributed by atoms with Crippen LogP contribution in [0.3, 0.4) is 0 Å². The van der Waals surface area contributed by atoms with Gasteiger partial charge in [-0.25, -0.2) is 15.5 Å². The van der Waals surface area contributed by atoms with Crippen LogP contribution in [-0.2, 0) is 11.2 Å². The number of hydrogen-bond donors (Lipinski definition) is 2. The molecule has 0 aliphatic heterocycles. The van der Waals surface area contributed by atoms with Gasteiger partial charge in [0, 0.05) is 11.6 Å². The van der Waals surface area contributed by atoms with E-state index in [0.29, 0.717) is 6.07 Å². The van der Waals surface area contributed by atoms with Gasteiger partial charge >= 0.3 is 0 Å². The maximum absolute atomic E-state index is 11.3. The second kappa shape index (κ2) is 6.03. The van der Waals surface area contributed by atoms with Gasteiger partial charge in [0.2, 0.25) is 5.91 Å². The van der Waals surface area contributed by atoms with Crippen molar-refractivity contribution in [3.05, 3.63) is 54.1 Å². The minimum absolute atomic E-state index is 0.108. The molecule has 0 aromatic heterocycles. The molecule has 0 heterocycles. The molecule has 1 aromatic rings. The van der Waals surface area contributed by atoms with Crippen LogP contribution in [0.4, 0.5) is 11.4 Å². The number of benzene rings is 1. The van der Waals surface area contributed by atoms with E-state index in [4.69, 9.17) is 0 Å². The molecule has 12 heteroatoms. The van der Waals surface area contributed by atoms with Gasteiger partial charge in [-0.2, -0.15) is 0 Å². The molecule has 2 N–H and O–H groups in total. The molecular weight excluding hydrogens is 278 g/mol. The van der Waals surface area contributed by atoms with Crippen molar-refractivity contribution in [3.8, 4) is 0 Å². The fourth-order valence-corrected chi connectivity index (χ4v) is 1.31. The van der Waals surface area contributed by atoms with Crippen molar-refractivity contribution in [3.63, 3.8) is 0 Å². The SMILES string of the molecule is O=C(Cc1ccc([N+](=O)[O-])cc1[N+](=O)[O-])NN[N+](=O)[O-]. The van der Waals surface area contributed by atoms with Crippen molar-refractivity contribution < 1.29 is 19.7 Å². The molecule has 0 saturated carbocycles. The van der Waals surface area contributed by atoms with E-state index in [1.807, 2.05) is 0 Å². The smallest absolute Gasteiger partial charge is 0.273 e. The monoisotopic (exact) mass is 285 g/mol. The zero-order valence-electron chi connectivity index (χ0n) is 9.64. The Bertz CT molecular complexity index is 587. The van der Waals surface area contributed by atoms with Crippen molar-refractivity contribution in [2.24, 2.45) is 0 Å². The van der Waals surface area contributed by atoms with Gasteiger partial charge in [0.05, 0.1) is 22.3 Å². The highest BCUT2D eigenvalue weighted by molar-refractivity contribution is 5.79. The number of carbonyl (C=O) groups is 1. The van der Waals surface area contributed by atoms with Gasteiger partial charge in [0.15, 0.2) is 5.03 Å². The minimum Gasteiger partial charge on any atom is -0.273 e. The minimum atomic E-state index is -1.03. The summed E-state index contributed by atoms with van der Waals surface area (Å²) in [7, 11) is 0. The van der Waals surface area contributed by atoms with Crippen LogP contribution in [0.15, 0.2) is 18.2 Å². The van der Waals surface area contributed by atoms with Crippen molar-refractivity contribution in [1.29, 1.82) is 0 Å². The normalized spacial score (nSPS) is 9.60. The Morgan fingerprint density at radius 1 is 1.10 bits per heavy atom. The van der Waals surface area contributed by atoms with Crippen LogP contribution in [0.25, 0.3) is 0 Å². The summed E-state index contributed by atoms with van der Waals surface area (Å²) in [5.41, 5.74) is 1.86. The molecule has 1 aromatic carbocycles. The van der Waals surface area contributed by atoms with Crippen molar-refractivity contribution in [2.45, 2.75) is 6.42 Å². The molecule has 0 spiro atoms. The Hall–Kier alpha value is -3.31. The molecule has 106 valence electrons. The lowest BCUT2D eigenvalue weighted by Crippen LogP contribution is -2.41. The third kappa shape index (κ3) is 3.86. The molecule has 1 amide bonds. The number of non-ortho nitro benzene ring substituents is 1. The van der Waals surface area contributed by atoms with E-state index in [-0.39, 0.29) is 5.56 Å². The molecule has 0 aliphatic rings. The Kier molecular flexibility index (Phi) is 4.45. The van der Waals surface area contributed by atoms with Gasteiger partial charge in [0.1, 0.15) is 0 Å². The maximum Gasteiger partial charge on any atom is 0.279 e. The summed E-state index contributed by atoms with van der Waals surface area (Å²) >= 11 is 0. The average molecular weight is 285 g/mol. The number of hydrogen-bond acceptors (Lipinski definition) is 7. The molecule has 12 nitrogen and oxygen atoms in total. The first-order valence-corrected chi connectivity index (χ1v) is 4.92. The largest absolute Gasteiger partial charge is 0.279 e. The Morgan fingerprint density at radius 3 is 2.25 bits per heavy atom. The first kappa shape index (κ1) is 14.7. The fourth-order valence-electron chi connectivity index (χ4n) is 1.31. The van der Waals surface area contributed by atoms with Crippen molar-refractivity contribution in [2.75, 3.05) is 0 Å². The summed E-state index contributed by atoms with van der Waals surface area (Å²) in [5, 5.41) is 30.2. The van der Waals surface area contributed by atoms with E-state index < -0.39 is 38.6 Å². The third-order valence-corrected chi connectivity index (χ3v) is 2.11. The number of nitro groups is 3. The fraction of sp³-hybridized carbons (Fsp3) is 0.125. The zero-order chi connectivity index (χ0) is 15.3. The predicted molar refractivity (Wildman–Crippen MR) is 61.7 cm³/mol. The first-order chi connectivity index (χ1) is 9.31. The standard InChI is InChI=1S/C8H7N5O7/c14-8(9-10-13(19)20)3-5-1-2-6(11(15)16)4-7(5)12(17)18/h1-2,4,10H,3H2,(H,9,14). The molecule has 0 radical (unpaired) electrons. The number of nitro benzene ring substituents is 2. The van der Waals surface area contributed by atoms with Crippen LogP contribution in [0, 0.1) is 30.3 Å². The van der Waals surface area contributed by atoms with Gasteiger partial charge in [-0.15, -0.1) is 0 Å². The highest BCUT2D eigenvalue weighted by atomic mass is 16.7. The first-order valence-electron chi connectivity index (χ1n) is 4.92. The predicted octanol–water partition coefficient (Wildman–Crippen LogP) is -0.142. The summed E-state index contributed by atoms with van der Waals surface area (Å²) in [6.07, 6.45) is -0.546. The second-order valence-electron chi connectivity index (χ2n) is 3.42.